The molecule has 25 heavy (non-hydrogen) atoms. The van der Waals surface area contributed by atoms with Gasteiger partial charge in [0.1, 0.15) is 24.0 Å². The molecule has 0 amide bonds. The van der Waals surface area contributed by atoms with Crippen LogP contribution in [0.5, 0.6) is 11.6 Å². The monoisotopic (exact) mass is 464 g/mol. The number of ether oxygens (including phenoxy) is 2. The van der Waals surface area contributed by atoms with E-state index in [9.17, 15) is 5.26 Å². The summed E-state index contributed by atoms with van der Waals surface area (Å²) in [6.07, 6.45) is 1.67. The first-order valence-corrected chi connectivity index (χ1v) is 8.91. The van der Waals surface area contributed by atoms with Gasteiger partial charge in [0.05, 0.1) is 14.9 Å². The Kier molecular flexibility index (Phi) is 4.88. The van der Waals surface area contributed by atoms with Crippen molar-refractivity contribution < 1.29 is 9.47 Å². The number of aromatic nitrogens is 2. The molecule has 8 heteroatoms. The predicted octanol–water partition coefficient (Wildman–Crippen LogP) is 4.03. The summed E-state index contributed by atoms with van der Waals surface area (Å²) >= 11 is 7.05. The topological polar surface area (TPSA) is 96.9 Å². The molecular formula is C17H14Br2N4O2. The van der Waals surface area contributed by atoms with Crippen LogP contribution < -0.4 is 15.2 Å². The molecule has 1 aliphatic heterocycles. The second kappa shape index (κ2) is 6.94. The minimum absolute atomic E-state index is 0.0609. The highest BCUT2D eigenvalue weighted by Crippen LogP contribution is 2.45. The predicted molar refractivity (Wildman–Crippen MR) is 100 cm³/mol. The number of nitrogens with two attached hydrogens (primary N) is 1. The molecule has 2 aromatic rings. The molecule has 0 spiro atoms. The molecule has 0 saturated heterocycles. The van der Waals surface area contributed by atoms with Crippen LogP contribution in [0, 0.1) is 18.3 Å². The lowest BCUT2D eigenvalue weighted by atomic mass is 9.84. The van der Waals surface area contributed by atoms with Crippen LogP contribution >= 0.6 is 31.9 Å². The van der Waals surface area contributed by atoms with Gasteiger partial charge < -0.3 is 15.2 Å². The van der Waals surface area contributed by atoms with Crippen molar-refractivity contribution in [1.29, 1.82) is 5.26 Å². The zero-order chi connectivity index (χ0) is 18.1. The van der Waals surface area contributed by atoms with E-state index in [0.29, 0.717) is 23.8 Å². The summed E-state index contributed by atoms with van der Waals surface area (Å²) in [6.45, 7) is 5.91. The van der Waals surface area contributed by atoms with Crippen LogP contribution in [0.25, 0.3) is 0 Å². The van der Waals surface area contributed by atoms with Crippen LogP contribution in [0.3, 0.4) is 0 Å². The Morgan fingerprint density at radius 1 is 1.48 bits per heavy atom. The van der Waals surface area contributed by atoms with Crippen LogP contribution in [0.15, 0.2) is 45.2 Å². The van der Waals surface area contributed by atoms with E-state index in [1.165, 1.54) is 0 Å². The standard InChI is InChI=1S/C17H14Br2N4O2/c1-3-4-24-15-11(18)5-9(6-12(15)19)14-10(7-20)16(21)25-17-13(14)8(2)22-23-17/h3,5-6,14H,1,4,21H2,2H3,(H,22,23)/t14-/m0/s1. The molecule has 0 radical (unpaired) electrons. The van der Waals surface area contributed by atoms with E-state index in [0.717, 1.165) is 25.8 Å². The van der Waals surface area contributed by atoms with Crippen molar-refractivity contribution in [3.05, 3.63) is 62.0 Å². The van der Waals surface area contributed by atoms with Crippen molar-refractivity contribution in [3.8, 4) is 17.7 Å². The number of hydrogen-bond donors (Lipinski definition) is 2. The number of benzene rings is 1. The minimum atomic E-state index is -0.381. The van der Waals surface area contributed by atoms with Gasteiger partial charge in [-0.15, -0.1) is 5.10 Å². The molecule has 0 aliphatic carbocycles. The van der Waals surface area contributed by atoms with Gasteiger partial charge in [0.2, 0.25) is 11.8 Å². The fourth-order valence-corrected chi connectivity index (χ4v) is 4.21. The molecule has 0 unspecified atom stereocenters. The number of nitrogens with one attached hydrogen (secondary N) is 1. The number of nitriles is 1. The number of aromatic amines is 1. The molecule has 0 saturated carbocycles. The van der Waals surface area contributed by atoms with Crippen LogP contribution in [0.1, 0.15) is 22.7 Å². The average Bonchev–Trinajstić information content (AvgIpc) is 2.93. The van der Waals surface area contributed by atoms with Gasteiger partial charge in [-0.3, -0.25) is 5.10 Å². The SMILES string of the molecule is C=CCOc1c(Br)cc([C@H]2C(C#N)=C(N)Oc3n[nH]c(C)c32)cc1Br. The Bertz CT molecular complexity index is 904. The molecular weight excluding hydrogens is 452 g/mol. The molecule has 0 bridgehead atoms. The molecule has 3 rings (SSSR count). The van der Waals surface area contributed by atoms with Crippen molar-refractivity contribution in [2.24, 2.45) is 5.73 Å². The van der Waals surface area contributed by atoms with Gasteiger partial charge in [-0.25, -0.2) is 0 Å². The molecule has 0 fully saturated rings. The molecule has 1 aromatic carbocycles. The van der Waals surface area contributed by atoms with Crippen molar-refractivity contribution in [2.45, 2.75) is 12.8 Å². The Morgan fingerprint density at radius 3 is 2.76 bits per heavy atom. The number of halogens is 2. The summed E-state index contributed by atoms with van der Waals surface area (Å²) in [4.78, 5) is 0. The molecule has 6 nitrogen and oxygen atoms in total. The second-order valence-electron chi connectivity index (χ2n) is 5.41. The third-order valence-corrected chi connectivity index (χ3v) is 5.01. The summed E-state index contributed by atoms with van der Waals surface area (Å²) in [6, 6.07) is 5.97. The fourth-order valence-electron chi connectivity index (χ4n) is 2.76. The van der Waals surface area contributed by atoms with Gasteiger partial charge >= 0.3 is 0 Å². The maximum absolute atomic E-state index is 9.60. The highest BCUT2D eigenvalue weighted by molar-refractivity contribution is 9.11. The lowest BCUT2D eigenvalue weighted by Gasteiger charge is -2.24. The molecule has 1 atom stereocenters. The van der Waals surface area contributed by atoms with Gasteiger partial charge in [-0.05, 0) is 56.5 Å². The van der Waals surface area contributed by atoms with E-state index in [1.807, 2.05) is 19.1 Å². The average molecular weight is 466 g/mol. The Morgan fingerprint density at radius 2 is 2.16 bits per heavy atom. The van der Waals surface area contributed by atoms with Gasteiger partial charge in [0.15, 0.2) is 0 Å². The van der Waals surface area contributed by atoms with E-state index in [1.54, 1.807) is 6.08 Å². The van der Waals surface area contributed by atoms with Gasteiger partial charge in [0.25, 0.3) is 0 Å². The summed E-state index contributed by atoms with van der Waals surface area (Å²) in [5, 5.41) is 16.6. The number of nitrogens with zero attached hydrogens (tertiary/aromatic N) is 2. The van der Waals surface area contributed by atoms with Gasteiger partial charge in [0, 0.05) is 11.3 Å². The number of hydrogen-bond acceptors (Lipinski definition) is 5. The van der Waals surface area contributed by atoms with E-state index < -0.39 is 0 Å². The maximum Gasteiger partial charge on any atom is 0.244 e. The summed E-state index contributed by atoms with van der Waals surface area (Å²) in [5.41, 5.74) is 8.75. The maximum atomic E-state index is 9.60. The van der Waals surface area contributed by atoms with Crippen LogP contribution in [0.2, 0.25) is 0 Å². The zero-order valence-electron chi connectivity index (χ0n) is 13.3. The Balaban J connectivity index is 2.16. The smallest absolute Gasteiger partial charge is 0.244 e. The highest BCUT2D eigenvalue weighted by atomic mass is 79.9. The van der Waals surface area contributed by atoms with E-state index >= 15 is 0 Å². The number of allylic oxidation sites excluding steroid dienone is 1. The van der Waals surface area contributed by atoms with Gasteiger partial charge in [-0.2, -0.15) is 5.26 Å². The lowest BCUT2D eigenvalue weighted by Crippen LogP contribution is -2.21. The van der Waals surface area contributed by atoms with Gasteiger partial charge in [-0.1, -0.05) is 12.7 Å². The molecule has 1 aliphatic rings. The first-order valence-electron chi connectivity index (χ1n) is 7.33. The molecule has 2 heterocycles. The van der Waals surface area contributed by atoms with Crippen LogP contribution in [-0.4, -0.2) is 16.8 Å². The van der Waals surface area contributed by atoms with Crippen LogP contribution in [-0.2, 0) is 0 Å². The van der Waals surface area contributed by atoms with Crippen molar-refractivity contribution in [3.63, 3.8) is 0 Å². The van der Waals surface area contributed by atoms with E-state index in [-0.39, 0.29) is 11.8 Å². The fraction of sp³-hybridized carbons (Fsp3) is 0.176. The lowest BCUT2D eigenvalue weighted by molar-refractivity contribution is 0.358. The molecule has 3 N–H and O–H groups in total. The first-order chi connectivity index (χ1) is 12.0. The summed E-state index contributed by atoms with van der Waals surface area (Å²) in [5.74, 6) is 0.729. The van der Waals surface area contributed by atoms with Crippen molar-refractivity contribution >= 4 is 31.9 Å². The van der Waals surface area contributed by atoms with E-state index in [2.05, 4.69) is 54.7 Å². The molecule has 128 valence electrons. The largest absolute Gasteiger partial charge is 0.487 e. The number of rotatable bonds is 4. The number of fused-ring (bicyclic) bond motifs is 1. The summed E-state index contributed by atoms with van der Waals surface area (Å²) < 4.78 is 12.6. The Labute approximate surface area is 161 Å². The Hall–Kier alpha value is -2.24. The van der Waals surface area contributed by atoms with Crippen molar-refractivity contribution in [2.75, 3.05) is 6.61 Å². The highest BCUT2D eigenvalue weighted by Gasteiger charge is 2.34. The zero-order valence-corrected chi connectivity index (χ0v) is 16.4. The second-order valence-corrected chi connectivity index (χ2v) is 7.11. The third-order valence-electron chi connectivity index (χ3n) is 3.83. The quantitative estimate of drug-likeness (QED) is 0.664. The minimum Gasteiger partial charge on any atom is -0.487 e. The van der Waals surface area contributed by atoms with Crippen molar-refractivity contribution in [1.82, 2.24) is 10.2 Å². The normalized spacial score (nSPS) is 16.0. The van der Waals surface area contributed by atoms with E-state index in [4.69, 9.17) is 15.2 Å². The number of H-pyrrole nitrogens is 1. The first kappa shape index (κ1) is 17.6. The number of aryl methyl sites for hydroxylation is 1. The summed E-state index contributed by atoms with van der Waals surface area (Å²) in [7, 11) is 0. The third kappa shape index (κ3) is 3.05. The van der Waals surface area contributed by atoms with Crippen LogP contribution in [0.4, 0.5) is 0 Å². The molecule has 1 aromatic heterocycles.